The average molecular weight is 551 g/mol. The standard InChI is InChI=1S/C15H14N4O.C13H9NO2.C2H7N3/c1-19-13(20)15(18-14(19)16,11-5-3-2-4-6-11)12-7-9-17-10-8-12;15-12(10-4-2-1-3-5-10)13(16)11-6-8-14-9-7-11;1-5-2(3)4/h2-10H,1H3,(H2,16,18);1-9H;1H3,(H4,3,4,5). The van der Waals surface area contributed by atoms with Crippen molar-refractivity contribution in [2.75, 3.05) is 14.1 Å². The lowest BCUT2D eigenvalue weighted by Crippen LogP contribution is -2.41. The number of aromatic nitrogens is 2. The lowest BCUT2D eigenvalue weighted by atomic mass is 9.83. The minimum absolute atomic E-state index is 0.130. The number of likely N-dealkylation sites (N-methyl/N-ethyl adjacent to an activating group) is 1. The van der Waals surface area contributed by atoms with Gasteiger partial charge in [0.2, 0.25) is 11.6 Å². The van der Waals surface area contributed by atoms with Gasteiger partial charge in [0, 0.05) is 50.0 Å². The van der Waals surface area contributed by atoms with Gasteiger partial charge in [-0.3, -0.25) is 34.2 Å². The summed E-state index contributed by atoms with van der Waals surface area (Å²) >= 11 is 0. The van der Waals surface area contributed by atoms with Crippen LogP contribution in [0.4, 0.5) is 0 Å². The van der Waals surface area contributed by atoms with E-state index < -0.39 is 17.1 Å². The third-order valence-corrected chi connectivity index (χ3v) is 5.97. The highest BCUT2D eigenvalue weighted by Gasteiger charge is 2.49. The van der Waals surface area contributed by atoms with Crippen molar-refractivity contribution >= 4 is 29.4 Å². The number of hydrogen-bond donors (Lipinski definition) is 3. The molecular formula is C30H30N8O3. The summed E-state index contributed by atoms with van der Waals surface area (Å²) in [4.78, 5) is 53.3. The fourth-order valence-corrected chi connectivity index (χ4v) is 3.81. The van der Waals surface area contributed by atoms with Crippen molar-refractivity contribution in [1.29, 1.82) is 0 Å². The van der Waals surface area contributed by atoms with Crippen molar-refractivity contribution in [1.82, 2.24) is 14.9 Å². The van der Waals surface area contributed by atoms with Gasteiger partial charge in [-0.15, -0.1) is 0 Å². The van der Waals surface area contributed by atoms with Crippen LogP contribution in [-0.4, -0.2) is 58.4 Å². The van der Waals surface area contributed by atoms with Crippen LogP contribution in [0.25, 0.3) is 0 Å². The second-order valence-electron chi connectivity index (χ2n) is 8.56. The van der Waals surface area contributed by atoms with Crippen LogP contribution in [0.2, 0.25) is 0 Å². The predicted octanol–water partition coefficient (Wildman–Crippen LogP) is 2.15. The van der Waals surface area contributed by atoms with Gasteiger partial charge in [0.25, 0.3) is 5.91 Å². The number of aliphatic imine (C=N–C) groups is 2. The SMILES string of the molecule is CN1C(=O)C(c2ccccc2)(c2ccncc2)N=C1N.CN=C(N)N.O=C(C(=O)c1ccncc1)c1ccccc1. The van der Waals surface area contributed by atoms with Crippen molar-refractivity contribution in [3.8, 4) is 0 Å². The van der Waals surface area contributed by atoms with Gasteiger partial charge >= 0.3 is 0 Å². The summed E-state index contributed by atoms with van der Waals surface area (Å²) in [6.45, 7) is 0. The summed E-state index contributed by atoms with van der Waals surface area (Å²) in [7, 11) is 3.17. The van der Waals surface area contributed by atoms with Crippen LogP contribution < -0.4 is 17.2 Å². The van der Waals surface area contributed by atoms with Crippen molar-refractivity contribution in [3.05, 3.63) is 132 Å². The van der Waals surface area contributed by atoms with Gasteiger partial charge in [-0.25, -0.2) is 4.99 Å². The number of nitrogens with two attached hydrogens (primary N) is 3. The normalized spacial score (nSPS) is 15.3. The molecule has 1 aliphatic heterocycles. The largest absolute Gasteiger partial charge is 0.370 e. The molecule has 11 heteroatoms. The molecule has 0 saturated carbocycles. The Morgan fingerprint density at radius 3 is 1.59 bits per heavy atom. The fraction of sp³-hybridized carbons (Fsp3) is 0.100. The predicted molar refractivity (Wildman–Crippen MR) is 157 cm³/mol. The second-order valence-corrected chi connectivity index (χ2v) is 8.56. The number of carbonyl (C=O) groups excluding carboxylic acids is 3. The van der Waals surface area contributed by atoms with Gasteiger partial charge in [0.1, 0.15) is 0 Å². The van der Waals surface area contributed by atoms with Crippen LogP contribution in [0.1, 0.15) is 31.8 Å². The molecule has 0 radical (unpaired) electrons. The zero-order chi connectivity index (χ0) is 29.8. The molecule has 4 aromatic rings. The van der Waals surface area contributed by atoms with Crippen LogP contribution in [0.3, 0.4) is 0 Å². The molecule has 11 nitrogen and oxygen atoms in total. The first-order valence-corrected chi connectivity index (χ1v) is 12.3. The molecule has 41 heavy (non-hydrogen) atoms. The smallest absolute Gasteiger partial charge is 0.266 e. The second kappa shape index (κ2) is 13.9. The van der Waals surface area contributed by atoms with E-state index in [4.69, 9.17) is 17.2 Å². The van der Waals surface area contributed by atoms with E-state index in [9.17, 15) is 14.4 Å². The van der Waals surface area contributed by atoms with Crippen LogP contribution in [0.5, 0.6) is 0 Å². The molecule has 0 spiro atoms. The Morgan fingerprint density at radius 1 is 0.732 bits per heavy atom. The summed E-state index contributed by atoms with van der Waals surface area (Å²) in [6, 6.07) is 24.6. The van der Waals surface area contributed by atoms with Crippen LogP contribution >= 0.6 is 0 Å². The summed E-state index contributed by atoms with van der Waals surface area (Å²) in [5, 5.41) is 0. The highest BCUT2D eigenvalue weighted by molar-refractivity contribution is 6.49. The fourth-order valence-electron chi connectivity index (χ4n) is 3.81. The number of rotatable bonds is 5. The molecule has 0 aliphatic carbocycles. The molecule has 1 unspecified atom stereocenters. The average Bonchev–Trinajstić information content (AvgIpc) is 3.27. The number of amides is 1. The molecule has 0 saturated heterocycles. The number of hydrogen-bond acceptors (Lipinski definition) is 8. The lowest BCUT2D eigenvalue weighted by Gasteiger charge is -2.25. The van der Waals surface area contributed by atoms with Gasteiger partial charge in [0.15, 0.2) is 17.5 Å². The van der Waals surface area contributed by atoms with E-state index in [1.165, 1.54) is 36.5 Å². The van der Waals surface area contributed by atoms with Crippen molar-refractivity contribution < 1.29 is 14.4 Å². The number of pyridine rings is 2. The topological polar surface area (TPSA) is 183 Å². The third kappa shape index (κ3) is 7.03. The minimum Gasteiger partial charge on any atom is -0.370 e. The van der Waals surface area contributed by atoms with Crippen molar-refractivity contribution in [2.24, 2.45) is 27.2 Å². The van der Waals surface area contributed by atoms with Crippen LogP contribution in [-0.2, 0) is 10.3 Å². The highest BCUT2D eigenvalue weighted by Crippen LogP contribution is 2.38. The number of Topliss-reactive ketones (excluding diaryl/α,β-unsaturated/α-hetero) is 2. The van der Waals surface area contributed by atoms with E-state index in [1.54, 1.807) is 61.9 Å². The van der Waals surface area contributed by atoms with E-state index in [1.807, 2.05) is 30.3 Å². The Hall–Kier alpha value is -5.71. The number of guanidine groups is 2. The molecule has 3 heterocycles. The van der Waals surface area contributed by atoms with Gasteiger partial charge in [0.05, 0.1) is 0 Å². The first kappa shape index (κ1) is 29.8. The van der Waals surface area contributed by atoms with Gasteiger partial charge in [-0.2, -0.15) is 0 Å². The molecule has 2 aromatic heterocycles. The zero-order valence-electron chi connectivity index (χ0n) is 22.6. The number of ketones is 2. The minimum atomic E-state index is -1.11. The van der Waals surface area contributed by atoms with Gasteiger partial charge in [-0.1, -0.05) is 60.7 Å². The molecule has 6 N–H and O–H groups in total. The highest BCUT2D eigenvalue weighted by atomic mass is 16.2. The van der Waals surface area contributed by atoms with Crippen LogP contribution in [0.15, 0.2) is 120 Å². The Balaban J connectivity index is 0.000000198. The third-order valence-electron chi connectivity index (χ3n) is 5.97. The van der Waals surface area contributed by atoms with Crippen molar-refractivity contribution in [2.45, 2.75) is 5.54 Å². The lowest BCUT2D eigenvalue weighted by molar-refractivity contribution is -0.129. The molecule has 1 atom stereocenters. The zero-order valence-corrected chi connectivity index (χ0v) is 22.6. The maximum absolute atomic E-state index is 12.7. The summed E-state index contributed by atoms with van der Waals surface area (Å²) < 4.78 is 0. The Labute approximate surface area is 237 Å². The van der Waals surface area contributed by atoms with E-state index in [0.29, 0.717) is 11.1 Å². The first-order chi connectivity index (χ1) is 19.7. The number of benzene rings is 2. The molecule has 5 rings (SSSR count). The van der Waals surface area contributed by atoms with Crippen molar-refractivity contribution in [3.63, 3.8) is 0 Å². The molecule has 2 aromatic carbocycles. The summed E-state index contributed by atoms with van der Waals surface area (Å²) in [5.74, 6) is -0.812. The molecule has 1 aliphatic rings. The maximum Gasteiger partial charge on any atom is 0.266 e. The quantitative estimate of drug-likeness (QED) is 0.146. The summed E-state index contributed by atoms with van der Waals surface area (Å²) in [6.07, 6.45) is 6.28. The Bertz CT molecular complexity index is 1430. The Kier molecular flexibility index (Phi) is 10.1. The van der Waals surface area contributed by atoms with E-state index >= 15 is 0 Å². The van der Waals surface area contributed by atoms with Crippen LogP contribution in [0, 0.1) is 0 Å². The molecule has 0 bridgehead atoms. The molecule has 208 valence electrons. The first-order valence-electron chi connectivity index (χ1n) is 12.3. The Morgan fingerprint density at radius 2 is 1.15 bits per heavy atom. The van der Waals surface area contributed by atoms with E-state index in [-0.39, 0.29) is 17.8 Å². The van der Waals surface area contributed by atoms with Gasteiger partial charge < -0.3 is 17.2 Å². The number of carbonyl (C=O) groups is 3. The van der Waals surface area contributed by atoms with E-state index in [0.717, 1.165) is 11.1 Å². The summed E-state index contributed by atoms with van der Waals surface area (Å²) in [5.41, 5.74) is 16.7. The molecule has 1 amide bonds. The maximum atomic E-state index is 12.7. The van der Waals surface area contributed by atoms with Gasteiger partial charge in [-0.05, 0) is 35.4 Å². The van der Waals surface area contributed by atoms with E-state index in [2.05, 4.69) is 20.0 Å². The monoisotopic (exact) mass is 550 g/mol. The number of nitrogens with zero attached hydrogens (tertiary/aromatic N) is 5. The molecule has 0 fully saturated rings. The molecular weight excluding hydrogens is 520 g/mol.